The van der Waals surface area contributed by atoms with E-state index in [0.717, 1.165) is 22.2 Å². The number of nitro groups is 1. The number of non-ortho nitro benzene ring substituents is 1. The van der Waals surface area contributed by atoms with Crippen molar-refractivity contribution >= 4 is 33.2 Å². The third-order valence-electron chi connectivity index (χ3n) is 5.59. The number of amides is 2. The number of sulfonamides is 1. The molecule has 10 nitrogen and oxygen atoms in total. The standard InChI is InChI=1S/C24H32N4O6S/c1-5-18(3)25-24(30)22(6-2)26(16-19-11-8-7-9-12-19)23(29)17-27(35(4,33)34)20-13-10-14-21(15-20)28(31)32/h7-15,18,22H,5-6,16-17H2,1-4H3,(H,25,30)/t18-,22+/m0/s1. The third-order valence-corrected chi connectivity index (χ3v) is 6.73. The van der Waals surface area contributed by atoms with Crippen molar-refractivity contribution in [3.63, 3.8) is 0 Å². The van der Waals surface area contributed by atoms with Crippen LogP contribution in [-0.2, 0) is 26.2 Å². The van der Waals surface area contributed by atoms with Crippen molar-refractivity contribution in [1.82, 2.24) is 10.2 Å². The average molecular weight is 505 g/mol. The molecule has 0 aromatic heterocycles. The minimum Gasteiger partial charge on any atom is -0.352 e. The lowest BCUT2D eigenvalue weighted by Gasteiger charge is -2.33. The van der Waals surface area contributed by atoms with E-state index in [1.807, 2.05) is 44.2 Å². The Morgan fingerprint density at radius 1 is 1.06 bits per heavy atom. The van der Waals surface area contributed by atoms with Gasteiger partial charge < -0.3 is 10.2 Å². The van der Waals surface area contributed by atoms with Gasteiger partial charge in [-0.1, -0.05) is 50.2 Å². The highest BCUT2D eigenvalue weighted by molar-refractivity contribution is 7.92. The third kappa shape index (κ3) is 7.78. The van der Waals surface area contributed by atoms with Gasteiger partial charge in [-0.3, -0.25) is 24.0 Å². The van der Waals surface area contributed by atoms with Gasteiger partial charge in [-0.2, -0.15) is 0 Å². The van der Waals surface area contributed by atoms with E-state index < -0.39 is 33.4 Å². The number of anilines is 1. The second-order valence-electron chi connectivity index (χ2n) is 8.30. The van der Waals surface area contributed by atoms with E-state index in [1.54, 1.807) is 6.92 Å². The monoisotopic (exact) mass is 504 g/mol. The summed E-state index contributed by atoms with van der Waals surface area (Å²) < 4.78 is 26.0. The Hall–Kier alpha value is -3.47. The van der Waals surface area contributed by atoms with Crippen LogP contribution in [0.15, 0.2) is 54.6 Å². The second-order valence-corrected chi connectivity index (χ2v) is 10.2. The normalized spacial score (nSPS) is 12.9. The van der Waals surface area contributed by atoms with Gasteiger partial charge in [-0.25, -0.2) is 8.42 Å². The lowest BCUT2D eigenvalue weighted by molar-refractivity contribution is -0.384. The molecule has 0 unspecified atom stereocenters. The zero-order valence-electron chi connectivity index (χ0n) is 20.4. The van der Waals surface area contributed by atoms with Crippen LogP contribution in [-0.4, -0.2) is 54.9 Å². The van der Waals surface area contributed by atoms with E-state index in [-0.39, 0.29) is 29.9 Å². The van der Waals surface area contributed by atoms with Gasteiger partial charge in [-0.05, 0) is 31.4 Å². The van der Waals surface area contributed by atoms with Crippen molar-refractivity contribution in [3.05, 3.63) is 70.3 Å². The van der Waals surface area contributed by atoms with Gasteiger partial charge in [0.25, 0.3) is 5.69 Å². The molecule has 0 aliphatic heterocycles. The van der Waals surface area contributed by atoms with Crippen LogP contribution < -0.4 is 9.62 Å². The van der Waals surface area contributed by atoms with Crippen LogP contribution in [0.3, 0.4) is 0 Å². The molecule has 0 aliphatic carbocycles. The van der Waals surface area contributed by atoms with Crippen molar-refractivity contribution in [2.24, 2.45) is 0 Å². The summed E-state index contributed by atoms with van der Waals surface area (Å²) in [5.74, 6) is -0.927. The molecular formula is C24H32N4O6S. The number of hydrogen-bond acceptors (Lipinski definition) is 6. The number of benzene rings is 2. The first-order chi connectivity index (χ1) is 16.5. The molecule has 0 bridgehead atoms. The molecule has 0 aliphatic rings. The molecule has 0 saturated carbocycles. The zero-order chi connectivity index (χ0) is 26.2. The van der Waals surface area contributed by atoms with Crippen LogP contribution in [0.5, 0.6) is 0 Å². The second kappa shape index (κ2) is 12.3. The summed E-state index contributed by atoms with van der Waals surface area (Å²) in [6, 6.07) is 13.2. The smallest absolute Gasteiger partial charge is 0.271 e. The summed E-state index contributed by atoms with van der Waals surface area (Å²) >= 11 is 0. The van der Waals surface area contributed by atoms with Crippen LogP contribution in [0.1, 0.15) is 39.2 Å². The minimum absolute atomic E-state index is 0.00758. The summed E-state index contributed by atoms with van der Waals surface area (Å²) in [7, 11) is -3.97. The SMILES string of the molecule is CC[C@H](C(=O)N[C@@H](C)CC)N(Cc1ccccc1)C(=O)CN(c1cccc([N+](=O)[O-])c1)S(C)(=O)=O. The van der Waals surface area contributed by atoms with Crippen molar-refractivity contribution < 1.29 is 22.9 Å². The van der Waals surface area contributed by atoms with Crippen LogP contribution in [0.2, 0.25) is 0 Å². The van der Waals surface area contributed by atoms with Crippen molar-refractivity contribution in [2.45, 2.75) is 52.2 Å². The lowest BCUT2D eigenvalue weighted by Crippen LogP contribution is -2.53. The highest BCUT2D eigenvalue weighted by atomic mass is 32.2. The molecule has 2 rings (SSSR count). The molecule has 35 heavy (non-hydrogen) atoms. The molecule has 11 heteroatoms. The predicted molar refractivity (Wildman–Crippen MR) is 134 cm³/mol. The van der Waals surface area contributed by atoms with E-state index in [1.165, 1.54) is 23.1 Å². The van der Waals surface area contributed by atoms with E-state index in [9.17, 15) is 28.1 Å². The van der Waals surface area contributed by atoms with Crippen molar-refractivity contribution in [1.29, 1.82) is 0 Å². The zero-order valence-corrected chi connectivity index (χ0v) is 21.2. The molecule has 1 N–H and O–H groups in total. The Kier molecular flexibility index (Phi) is 9.76. The van der Waals surface area contributed by atoms with E-state index in [2.05, 4.69) is 5.32 Å². The molecule has 190 valence electrons. The van der Waals surface area contributed by atoms with Gasteiger partial charge in [0.05, 0.1) is 16.9 Å². The fourth-order valence-corrected chi connectivity index (χ4v) is 4.36. The van der Waals surface area contributed by atoms with E-state index in [0.29, 0.717) is 12.8 Å². The van der Waals surface area contributed by atoms with Crippen LogP contribution in [0.4, 0.5) is 11.4 Å². The highest BCUT2D eigenvalue weighted by Crippen LogP contribution is 2.24. The minimum atomic E-state index is -3.97. The molecule has 0 radical (unpaired) electrons. The van der Waals surface area contributed by atoms with Gasteiger partial charge >= 0.3 is 0 Å². The predicted octanol–water partition coefficient (Wildman–Crippen LogP) is 3.08. The maximum absolute atomic E-state index is 13.6. The van der Waals surface area contributed by atoms with Gasteiger partial charge in [0.15, 0.2) is 0 Å². The van der Waals surface area contributed by atoms with Crippen LogP contribution in [0.25, 0.3) is 0 Å². The quantitative estimate of drug-likeness (QED) is 0.349. The Morgan fingerprint density at radius 2 is 1.71 bits per heavy atom. The van der Waals surface area contributed by atoms with Crippen molar-refractivity contribution in [2.75, 3.05) is 17.1 Å². The van der Waals surface area contributed by atoms with Crippen LogP contribution >= 0.6 is 0 Å². The van der Waals surface area contributed by atoms with Gasteiger partial charge in [0.2, 0.25) is 21.8 Å². The molecule has 0 saturated heterocycles. The highest BCUT2D eigenvalue weighted by Gasteiger charge is 2.32. The van der Waals surface area contributed by atoms with Crippen LogP contribution in [0, 0.1) is 10.1 Å². The summed E-state index contributed by atoms with van der Waals surface area (Å²) in [4.78, 5) is 38.5. The maximum atomic E-state index is 13.6. The summed E-state index contributed by atoms with van der Waals surface area (Å²) in [6.07, 6.45) is 1.95. The fraction of sp³-hybridized carbons (Fsp3) is 0.417. The Labute approximate surface area is 206 Å². The number of hydrogen-bond donors (Lipinski definition) is 1. The molecule has 2 aromatic carbocycles. The number of nitrogens with one attached hydrogen (secondary N) is 1. The molecule has 0 spiro atoms. The lowest BCUT2D eigenvalue weighted by atomic mass is 10.1. The number of rotatable bonds is 12. The summed E-state index contributed by atoms with van der Waals surface area (Å²) in [6.45, 7) is 5.06. The van der Waals surface area contributed by atoms with Gasteiger partial charge in [0.1, 0.15) is 12.6 Å². The molecule has 0 fully saturated rings. The van der Waals surface area contributed by atoms with Gasteiger partial charge in [0, 0.05) is 24.7 Å². The van der Waals surface area contributed by atoms with E-state index in [4.69, 9.17) is 0 Å². The fourth-order valence-electron chi connectivity index (χ4n) is 3.52. The first-order valence-electron chi connectivity index (χ1n) is 11.3. The summed E-state index contributed by atoms with van der Waals surface area (Å²) in [5, 5.41) is 14.1. The van der Waals surface area contributed by atoms with Gasteiger partial charge in [-0.15, -0.1) is 0 Å². The van der Waals surface area contributed by atoms with Crippen molar-refractivity contribution in [3.8, 4) is 0 Å². The van der Waals surface area contributed by atoms with E-state index >= 15 is 0 Å². The Morgan fingerprint density at radius 3 is 2.26 bits per heavy atom. The number of carbonyl (C=O) groups is 2. The first kappa shape index (κ1) is 27.8. The molecule has 2 amide bonds. The Balaban J connectivity index is 2.45. The molecule has 0 heterocycles. The topological polar surface area (TPSA) is 130 Å². The number of nitro benzene ring substituents is 1. The largest absolute Gasteiger partial charge is 0.352 e. The summed E-state index contributed by atoms with van der Waals surface area (Å²) in [5.41, 5.74) is 0.466. The number of carbonyl (C=O) groups excluding carboxylic acids is 2. The molecule has 2 aromatic rings. The molecular weight excluding hydrogens is 472 g/mol. The molecule has 2 atom stereocenters. The first-order valence-corrected chi connectivity index (χ1v) is 13.2. The maximum Gasteiger partial charge on any atom is 0.271 e. The number of nitrogens with zero attached hydrogens (tertiary/aromatic N) is 3. The Bertz CT molecular complexity index is 1140. The average Bonchev–Trinajstić information content (AvgIpc) is 2.82.